The summed E-state index contributed by atoms with van der Waals surface area (Å²) in [6, 6.07) is 11.4. The summed E-state index contributed by atoms with van der Waals surface area (Å²) >= 11 is 12.2. The van der Waals surface area contributed by atoms with Gasteiger partial charge in [0.15, 0.2) is 0 Å². The van der Waals surface area contributed by atoms with Gasteiger partial charge in [0.1, 0.15) is 5.75 Å². The number of halogens is 2. The highest BCUT2D eigenvalue weighted by Gasteiger charge is 2.12. The Morgan fingerprint density at radius 1 is 1.00 bits per heavy atom. The van der Waals surface area contributed by atoms with E-state index in [1.807, 2.05) is 36.5 Å². The van der Waals surface area contributed by atoms with Crippen molar-refractivity contribution in [2.45, 2.75) is 0 Å². The van der Waals surface area contributed by atoms with Crippen LogP contribution in [0.25, 0.3) is 22.0 Å². The van der Waals surface area contributed by atoms with Gasteiger partial charge >= 0.3 is 0 Å². The van der Waals surface area contributed by atoms with Crippen LogP contribution < -0.4 is 4.74 Å². The van der Waals surface area contributed by atoms with Gasteiger partial charge in [-0.1, -0.05) is 23.2 Å². The molecular formula is C15H11Cl2NO. The van der Waals surface area contributed by atoms with E-state index in [1.54, 1.807) is 13.2 Å². The molecular weight excluding hydrogens is 281 g/mol. The van der Waals surface area contributed by atoms with E-state index in [1.165, 1.54) is 0 Å². The molecule has 3 aromatic rings. The number of aromatic amines is 1. The number of aromatic nitrogens is 1. The number of benzene rings is 2. The topological polar surface area (TPSA) is 25.0 Å². The highest BCUT2D eigenvalue weighted by molar-refractivity contribution is 6.35. The van der Waals surface area contributed by atoms with Gasteiger partial charge in [-0.2, -0.15) is 0 Å². The summed E-state index contributed by atoms with van der Waals surface area (Å²) in [5.74, 6) is 0.797. The van der Waals surface area contributed by atoms with E-state index in [0.717, 1.165) is 27.8 Å². The molecule has 1 heterocycles. The lowest BCUT2D eigenvalue weighted by Crippen LogP contribution is -1.89. The summed E-state index contributed by atoms with van der Waals surface area (Å²) in [5.41, 5.74) is 2.98. The molecule has 0 amide bonds. The highest BCUT2D eigenvalue weighted by Crippen LogP contribution is 2.38. The maximum Gasteiger partial charge on any atom is 0.127 e. The van der Waals surface area contributed by atoms with Crippen LogP contribution in [-0.4, -0.2) is 12.1 Å². The SMILES string of the molecule is COc1ccc2[nH]ccc2c1-c1cc(Cl)cc(Cl)c1. The Morgan fingerprint density at radius 3 is 2.42 bits per heavy atom. The molecule has 0 spiro atoms. The van der Waals surface area contributed by atoms with E-state index in [-0.39, 0.29) is 0 Å². The van der Waals surface area contributed by atoms with Crippen LogP contribution in [0.1, 0.15) is 0 Å². The zero-order valence-electron chi connectivity index (χ0n) is 10.2. The molecule has 0 aliphatic carbocycles. The third-order valence-electron chi connectivity index (χ3n) is 3.07. The molecule has 0 bridgehead atoms. The second-order valence-electron chi connectivity index (χ2n) is 4.24. The minimum Gasteiger partial charge on any atom is -0.496 e. The van der Waals surface area contributed by atoms with Crippen molar-refractivity contribution in [3.8, 4) is 16.9 Å². The standard InChI is InChI=1S/C15H11Cl2NO/c1-19-14-3-2-13-12(4-5-18-13)15(14)9-6-10(16)8-11(17)7-9/h2-8,18H,1H3. The molecule has 19 heavy (non-hydrogen) atoms. The molecule has 3 rings (SSSR count). The summed E-state index contributed by atoms with van der Waals surface area (Å²) in [7, 11) is 1.66. The summed E-state index contributed by atoms with van der Waals surface area (Å²) in [6.07, 6.45) is 1.90. The van der Waals surface area contributed by atoms with Crippen LogP contribution in [0.2, 0.25) is 10.0 Å². The minimum absolute atomic E-state index is 0.608. The Hall–Kier alpha value is -1.64. The quantitative estimate of drug-likeness (QED) is 0.694. The molecule has 0 unspecified atom stereocenters. The van der Waals surface area contributed by atoms with Gasteiger partial charge in [0.05, 0.1) is 7.11 Å². The molecule has 0 aliphatic heterocycles. The zero-order chi connectivity index (χ0) is 13.4. The molecule has 0 radical (unpaired) electrons. The van der Waals surface area contributed by atoms with Gasteiger partial charge in [0, 0.05) is 32.7 Å². The number of nitrogens with one attached hydrogen (secondary N) is 1. The fraction of sp³-hybridized carbons (Fsp3) is 0.0667. The molecule has 0 saturated heterocycles. The van der Waals surface area contributed by atoms with Gasteiger partial charge in [-0.3, -0.25) is 0 Å². The van der Waals surface area contributed by atoms with Crippen molar-refractivity contribution in [1.82, 2.24) is 4.98 Å². The van der Waals surface area contributed by atoms with Crippen LogP contribution in [0.4, 0.5) is 0 Å². The Kier molecular flexibility index (Phi) is 3.13. The number of rotatable bonds is 2. The zero-order valence-corrected chi connectivity index (χ0v) is 11.7. The average molecular weight is 292 g/mol. The molecule has 0 aliphatic rings. The molecule has 2 nitrogen and oxygen atoms in total. The molecule has 0 saturated carbocycles. The predicted octanol–water partition coefficient (Wildman–Crippen LogP) is 5.15. The van der Waals surface area contributed by atoms with Gasteiger partial charge in [-0.05, 0) is 42.0 Å². The Bertz CT molecular complexity index is 729. The summed E-state index contributed by atoms with van der Waals surface area (Å²) in [4.78, 5) is 3.19. The number of methoxy groups -OCH3 is 1. The van der Waals surface area contributed by atoms with Gasteiger partial charge in [-0.25, -0.2) is 0 Å². The fourth-order valence-electron chi connectivity index (χ4n) is 2.28. The highest BCUT2D eigenvalue weighted by atomic mass is 35.5. The molecule has 1 aromatic heterocycles. The van der Waals surface area contributed by atoms with Crippen molar-refractivity contribution < 1.29 is 4.74 Å². The molecule has 0 fully saturated rings. The molecule has 0 atom stereocenters. The van der Waals surface area contributed by atoms with E-state index < -0.39 is 0 Å². The van der Waals surface area contributed by atoms with Crippen molar-refractivity contribution in [3.05, 3.63) is 52.6 Å². The Morgan fingerprint density at radius 2 is 1.74 bits per heavy atom. The van der Waals surface area contributed by atoms with Gasteiger partial charge in [-0.15, -0.1) is 0 Å². The lowest BCUT2D eigenvalue weighted by atomic mass is 10.0. The van der Waals surface area contributed by atoms with E-state index in [0.29, 0.717) is 10.0 Å². The van der Waals surface area contributed by atoms with Crippen molar-refractivity contribution in [2.75, 3.05) is 7.11 Å². The number of fused-ring (bicyclic) bond motifs is 1. The first kappa shape index (κ1) is 12.4. The van der Waals surface area contributed by atoms with Crippen LogP contribution in [0.15, 0.2) is 42.6 Å². The van der Waals surface area contributed by atoms with Gasteiger partial charge in [0.2, 0.25) is 0 Å². The normalized spacial score (nSPS) is 10.9. The van der Waals surface area contributed by atoms with Crippen LogP contribution in [0.5, 0.6) is 5.75 Å². The Labute approximate surface area is 120 Å². The van der Waals surface area contributed by atoms with Gasteiger partial charge in [0.25, 0.3) is 0 Å². The average Bonchev–Trinajstić information content (AvgIpc) is 2.84. The molecule has 96 valence electrons. The predicted molar refractivity (Wildman–Crippen MR) is 80.3 cm³/mol. The smallest absolute Gasteiger partial charge is 0.127 e. The van der Waals surface area contributed by atoms with Crippen LogP contribution in [0, 0.1) is 0 Å². The third-order valence-corrected chi connectivity index (χ3v) is 3.50. The second-order valence-corrected chi connectivity index (χ2v) is 5.11. The van der Waals surface area contributed by atoms with Crippen molar-refractivity contribution in [3.63, 3.8) is 0 Å². The van der Waals surface area contributed by atoms with Gasteiger partial charge < -0.3 is 9.72 Å². The lowest BCUT2D eigenvalue weighted by molar-refractivity contribution is 0.417. The first-order chi connectivity index (χ1) is 9.19. The molecule has 1 N–H and O–H groups in total. The number of ether oxygens (including phenoxy) is 1. The van der Waals surface area contributed by atoms with Crippen LogP contribution in [-0.2, 0) is 0 Å². The van der Waals surface area contributed by atoms with Crippen molar-refractivity contribution in [2.24, 2.45) is 0 Å². The summed E-state index contributed by atoms with van der Waals surface area (Å²) < 4.78 is 5.46. The third kappa shape index (κ3) is 2.18. The van der Waals surface area contributed by atoms with Crippen LogP contribution >= 0.6 is 23.2 Å². The monoisotopic (exact) mass is 291 g/mol. The first-order valence-corrected chi connectivity index (χ1v) is 6.55. The molecule has 4 heteroatoms. The van der Waals surface area contributed by atoms with E-state index in [9.17, 15) is 0 Å². The Balaban J connectivity index is 2.36. The largest absolute Gasteiger partial charge is 0.496 e. The fourth-order valence-corrected chi connectivity index (χ4v) is 2.81. The van der Waals surface area contributed by atoms with Crippen molar-refractivity contribution in [1.29, 1.82) is 0 Å². The van der Waals surface area contributed by atoms with E-state index in [4.69, 9.17) is 27.9 Å². The number of hydrogen-bond donors (Lipinski definition) is 1. The maximum atomic E-state index is 6.09. The van der Waals surface area contributed by atoms with E-state index >= 15 is 0 Å². The van der Waals surface area contributed by atoms with Crippen molar-refractivity contribution >= 4 is 34.1 Å². The summed E-state index contributed by atoms with van der Waals surface area (Å²) in [6.45, 7) is 0. The first-order valence-electron chi connectivity index (χ1n) is 5.79. The van der Waals surface area contributed by atoms with Crippen LogP contribution in [0.3, 0.4) is 0 Å². The van der Waals surface area contributed by atoms with E-state index in [2.05, 4.69) is 4.98 Å². The summed E-state index contributed by atoms with van der Waals surface area (Å²) in [5, 5.41) is 2.30. The number of hydrogen-bond acceptors (Lipinski definition) is 1. The number of H-pyrrole nitrogens is 1. The lowest BCUT2D eigenvalue weighted by Gasteiger charge is -2.11. The minimum atomic E-state index is 0.608. The molecule has 2 aromatic carbocycles. The second kappa shape index (κ2) is 4.80. The maximum absolute atomic E-state index is 6.09.